The highest BCUT2D eigenvalue weighted by atomic mass is 35.5. The van der Waals surface area contributed by atoms with Crippen LogP contribution in [0, 0.1) is 0 Å². The third kappa shape index (κ3) is 4.61. The molecule has 0 saturated carbocycles. The second-order valence-corrected chi connectivity index (χ2v) is 9.01. The molecule has 2 heterocycles. The smallest absolute Gasteiger partial charge is 0.331 e. The van der Waals surface area contributed by atoms with Crippen molar-refractivity contribution < 1.29 is 19.4 Å². The molecule has 1 saturated heterocycles. The van der Waals surface area contributed by atoms with Crippen molar-refractivity contribution in [3.63, 3.8) is 0 Å². The van der Waals surface area contributed by atoms with Crippen molar-refractivity contribution in [3.8, 4) is 5.75 Å². The zero-order valence-corrected chi connectivity index (χ0v) is 19.2. The normalized spacial score (nSPS) is 19.1. The summed E-state index contributed by atoms with van der Waals surface area (Å²) in [5.41, 5.74) is 2.21. The van der Waals surface area contributed by atoms with Crippen LogP contribution in [0.3, 0.4) is 0 Å². The molecule has 164 valence electrons. The van der Waals surface area contributed by atoms with Crippen LogP contribution in [0.25, 0.3) is 0 Å². The lowest BCUT2D eigenvalue weighted by molar-refractivity contribution is -0.151. The molecule has 1 fully saturated rings. The number of hydrogen-bond donors (Lipinski definition) is 2. The molecule has 0 bridgehead atoms. The van der Waals surface area contributed by atoms with E-state index in [9.17, 15) is 14.7 Å². The van der Waals surface area contributed by atoms with E-state index in [1.54, 1.807) is 24.8 Å². The molecule has 2 N–H and O–H groups in total. The van der Waals surface area contributed by atoms with Crippen LogP contribution in [0.4, 0.5) is 0 Å². The Hall–Kier alpha value is -2.16. The van der Waals surface area contributed by atoms with E-state index < -0.39 is 11.5 Å². The van der Waals surface area contributed by atoms with Crippen molar-refractivity contribution in [1.82, 2.24) is 15.2 Å². The number of piperazine rings is 1. The minimum atomic E-state index is -1.39. The minimum absolute atomic E-state index is 0. The standard InChI is InChI=1S/C21H27N3O4S.ClH/c1-20(2,3)16-6-5-14(9-17(16)28-4)18(25)24-8-7-22-12-21(24,19(26)27)10-15-11-29-13-23-15;/h5-6,9,11,13,22H,7-8,10,12H2,1-4H3,(H,26,27);1H. The average Bonchev–Trinajstić information content (AvgIpc) is 3.19. The molecular weight excluding hydrogens is 426 g/mol. The van der Waals surface area contributed by atoms with Gasteiger partial charge in [0.05, 0.1) is 18.3 Å². The molecular formula is C21H28ClN3O4S. The number of nitrogens with zero attached hydrogens (tertiary/aromatic N) is 2. The van der Waals surface area contributed by atoms with Crippen LogP contribution in [0.2, 0.25) is 0 Å². The van der Waals surface area contributed by atoms with E-state index in [0.29, 0.717) is 30.1 Å². The highest BCUT2D eigenvalue weighted by Crippen LogP contribution is 2.33. The summed E-state index contributed by atoms with van der Waals surface area (Å²) in [5, 5.41) is 15.1. The number of thiazole rings is 1. The van der Waals surface area contributed by atoms with Crippen molar-refractivity contribution in [2.75, 3.05) is 26.7 Å². The molecule has 1 aromatic carbocycles. The lowest BCUT2D eigenvalue weighted by atomic mass is 9.85. The molecule has 2 aromatic rings. The predicted molar refractivity (Wildman–Crippen MR) is 119 cm³/mol. The molecule has 1 atom stereocenters. The van der Waals surface area contributed by atoms with Crippen LogP contribution >= 0.6 is 23.7 Å². The number of hydrogen-bond acceptors (Lipinski definition) is 6. The number of nitrogens with one attached hydrogen (secondary N) is 1. The number of carbonyl (C=O) groups is 2. The molecule has 30 heavy (non-hydrogen) atoms. The van der Waals surface area contributed by atoms with Crippen LogP contribution in [0.1, 0.15) is 42.4 Å². The third-order valence-corrected chi connectivity index (χ3v) is 5.94. The van der Waals surface area contributed by atoms with Gasteiger partial charge in [0, 0.05) is 37.0 Å². The van der Waals surface area contributed by atoms with E-state index in [4.69, 9.17) is 4.74 Å². The Labute approximate surface area is 186 Å². The van der Waals surface area contributed by atoms with Gasteiger partial charge in [-0.3, -0.25) is 4.79 Å². The first-order valence-electron chi connectivity index (χ1n) is 9.51. The van der Waals surface area contributed by atoms with Gasteiger partial charge in [0.15, 0.2) is 5.54 Å². The largest absolute Gasteiger partial charge is 0.496 e. The second kappa shape index (κ2) is 9.32. The summed E-state index contributed by atoms with van der Waals surface area (Å²) in [6.45, 7) is 7.24. The fraction of sp³-hybridized carbons (Fsp3) is 0.476. The van der Waals surface area contributed by atoms with Crippen LogP contribution in [0.15, 0.2) is 29.1 Å². The van der Waals surface area contributed by atoms with E-state index in [0.717, 1.165) is 5.56 Å². The molecule has 7 nitrogen and oxygen atoms in total. The van der Waals surface area contributed by atoms with E-state index >= 15 is 0 Å². The molecule has 0 radical (unpaired) electrons. The summed E-state index contributed by atoms with van der Waals surface area (Å²) < 4.78 is 5.53. The summed E-state index contributed by atoms with van der Waals surface area (Å²) in [6, 6.07) is 5.35. The first-order chi connectivity index (χ1) is 13.7. The van der Waals surface area contributed by atoms with Crippen LogP contribution < -0.4 is 10.1 Å². The van der Waals surface area contributed by atoms with Gasteiger partial charge in [-0.25, -0.2) is 9.78 Å². The van der Waals surface area contributed by atoms with Gasteiger partial charge >= 0.3 is 5.97 Å². The molecule has 1 amide bonds. The Morgan fingerprint density at radius 2 is 2.10 bits per heavy atom. The monoisotopic (exact) mass is 453 g/mol. The Balaban J connectivity index is 0.00000320. The summed E-state index contributed by atoms with van der Waals surface area (Å²) in [7, 11) is 1.58. The maximum atomic E-state index is 13.4. The lowest BCUT2D eigenvalue weighted by Crippen LogP contribution is -2.68. The first kappa shape index (κ1) is 24.1. The zero-order valence-electron chi connectivity index (χ0n) is 17.6. The number of ether oxygens (including phenoxy) is 1. The van der Waals surface area contributed by atoms with Gasteiger partial charge in [0.1, 0.15) is 5.75 Å². The summed E-state index contributed by atoms with van der Waals surface area (Å²) in [4.78, 5) is 31.5. The van der Waals surface area contributed by atoms with Gasteiger partial charge in [0.25, 0.3) is 5.91 Å². The minimum Gasteiger partial charge on any atom is -0.496 e. The van der Waals surface area contributed by atoms with Gasteiger partial charge < -0.3 is 20.1 Å². The number of rotatable bonds is 5. The number of benzene rings is 1. The van der Waals surface area contributed by atoms with Crippen molar-refractivity contribution >= 4 is 35.6 Å². The number of carbonyl (C=O) groups excluding carboxylic acids is 1. The third-order valence-electron chi connectivity index (χ3n) is 5.30. The number of aliphatic carboxylic acids is 1. The SMILES string of the molecule is COc1cc(C(=O)N2CCNCC2(Cc2cscn2)C(=O)O)ccc1C(C)(C)C.Cl. The molecule has 0 aliphatic carbocycles. The fourth-order valence-electron chi connectivity index (χ4n) is 3.74. The first-order valence-corrected chi connectivity index (χ1v) is 10.4. The zero-order chi connectivity index (χ0) is 21.2. The van der Waals surface area contributed by atoms with Gasteiger partial charge in [-0.15, -0.1) is 23.7 Å². The fourth-order valence-corrected chi connectivity index (χ4v) is 4.30. The van der Waals surface area contributed by atoms with Crippen molar-refractivity contribution in [3.05, 3.63) is 45.9 Å². The maximum absolute atomic E-state index is 13.4. The molecule has 3 rings (SSSR count). The molecule has 1 unspecified atom stereocenters. The molecule has 1 aromatic heterocycles. The van der Waals surface area contributed by atoms with E-state index in [1.807, 2.05) is 11.4 Å². The van der Waals surface area contributed by atoms with Crippen LogP contribution in [-0.4, -0.2) is 59.1 Å². The summed E-state index contributed by atoms with van der Waals surface area (Å²) >= 11 is 1.41. The number of aromatic nitrogens is 1. The Morgan fingerprint density at radius 1 is 1.37 bits per heavy atom. The van der Waals surface area contributed by atoms with Gasteiger partial charge in [-0.2, -0.15) is 0 Å². The molecule has 1 aliphatic heterocycles. The van der Waals surface area contributed by atoms with E-state index in [2.05, 4.69) is 31.1 Å². The quantitative estimate of drug-likeness (QED) is 0.723. The second-order valence-electron chi connectivity index (χ2n) is 8.29. The number of halogens is 1. The Kier molecular flexibility index (Phi) is 7.49. The number of methoxy groups -OCH3 is 1. The Bertz CT molecular complexity index is 898. The van der Waals surface area contributed by atoms with Crippen molar-refractivity contribution in [2.24, 2.45) is 0 Å². The number of carboxylic acids is 1. The highest BCUT2D eigenvalue weighted by molar-refractivity contribution is 7.07. The maximum Gasteiger partial charge on any atom is 0.331 e. The summed E-state index contributed by atoms with van der Waals surface area (Å²) in [5.74, 6) is -0.730. The van der Waals surface area contributed by atoms with E-state index in [-0.39, 0.29) is 36.7 Å². The predicted octanol–water partition coefficient (Wildman–Crippen LogP) is 2.98. The van der Waals surface area contributed by atoms with E-state index in [1.165, 1.54) is 16.2 Å². The lowest BCUT2D eigenvalue weighted by Gasteiger charge is -2.44. The number of amides is 1. The molecule has 1 aliphatic rings. The van der Waals surface area contributed by atoms with Gasteiger partial charge in [-0.05, 0) is 23.1 Å². The molecule has 0 spiro atoms. The van der Waals surface area contributed by atoms with Crippen molar-refractivity contribution in [1.29, 1.82) is 0 Å². The molecule has 9 heteroatoms. The van der Waals surface area contributed by atoms with Crippen LogP contribution in [-0.2, 0) is 16.6 Å². The summed E-state index contributed by atoms with van der Waals surface area (Å²) in [6.07, 6.45) is 0.155. The Morgan fingerprint density at radius 3 is 2.67 bits per heavy atom. The van der Waals surface area contributed by atoms with Gasteiger partial charge in [0.2, 0.25) is 0 Å². The average molecular weight is 454 g/mol. The van der Waals surface area contributed by atoms with Crippen LogP contribution in [0.5, 0.6) is 5.75 Å². The van der Waals surface area contributed by atoms with Gasteiger partial charge in [-0.1, -0.05) is 26.8 Å². The van der Waals surface area contributed by atoms with Crippen molar-refractivity contribution in [2.45, 2.75) is 38.1 Å². The number of carboxylic acid groups (broad SMARTS) is 1. The highest BCUT2D eigenvalue weighted by Gasteiger charge is 2.49. The topological polar surface area (TPSA) is 91.8 Å².